The van der Waals surface area contributed by atoms with Crippen LogP contribution in [0, 0.1) is 18.3 Å². The Labute approximate surface area is 122 Å². The number of nitrogens with zero attached hydrogens (tertiary/aromatic N) is 1. The van der Waals surface area contributed by atoms with E-state index in [-0.39, 0.29) is 15.7 Å². The summed E-state index contributed by atoms with van der Waals surface area (Å²) in [5.74, 6) is -0.00811. The Morgan fingerprint density at radius 1 is 1.15 bits per heavy atom. The molecule has 4 nitrogen and oxygen atoms in total. The molecule has 2 rings (SSSR count). The Bertz CT molecular complexity index is 777. The molecule has 0 saturated carbocycles. The van der Waals surface area contributed by atoms with Gasteiger partial charge in [-0.05, 0) is 37.3 Å². The van der Waals surface area contributed by atoms with E-state index in [9.17, 15) is 8.42 Å². The topological polar surface area (TPSA) is 67.2 Å². The lowest BCUT2D eigenvalue weighted by Gasteiger charge is -2.08. The summed E-state index contributed by atoms with van der Waals surface area (Å²) in [4.78, 5) is 0.0449. The van der Waals surface area contributed by atoms with E-state index in [1.54, 1.807) is 12.1 Å². The second-order valence-corrected chi connectivity index (χ2v) is 6.06. The first-order chi connectivity index (χ1) is 9.42. The highest BCUT2D eigenvalue weighted by atomic mass is 35.5. The first-order valence-electron chi connectivity index (χ1n) is 5.63. The summed E-state index contributed by atoms with van der Waals surface area (Å²) in [7, 11) is -3.94. The molecule has 0 radical (unpaired) electrons. The molecule has 0 saturated heterocycles. The molecule has 0 unspecified atom stereocenters. The number of benzene rings is 2. The van der Waals surface area contributed by atoms with Crippen molar-refractivity contribution in [3.8, 4) is 11.8 Å². The highest BCUT2D eigenvalue weighted by Gasteiger charge is 2.18. The Balaban J connectivity index is 2.34. The van der Waals surface area contributed by atoms with Crippen LogP contribution in [0.4, 0.5) is 0 Å². The Kier molecular flexibility index (Phi) is 3.98. The first kappa shape index (κ1) is 14.4. The highest BCUT2D eigenvalue weighted by Crippen LogP contribution is 2.28. The zero-order valence-corrected chi connectivity index (χ0v) is 12.1. The summed E-state index contributed by atoms with van der Waals surface area (Å²) in [6.07, 6.45) is 0. The lowest BCUT2D eigenvalue weighted by atomic mass is 10.2. The number of hydrogen-bond acceptors (Lipinski definition) is 4. The fourth-order valence-corrected chi connectivity index (χ4v) is 2.72. The van der Waals surface area contributed by atoms with Gasteiger partial charge >= 0.3 is 10.1 Å². The highest BCUT2D eigenvalue weighted by molar-refractivity contribution is 7.87. The number of rotatable bonds is 3. The molecule has 6 heteroatoms. The predicted octanol–water partition coefficient (Wildman–Crippen LogP) is 3.29. The summed E-state index contributed by atoms with van der Waals surface area (Å²) in [5.41, 5.74) is 1.27. The summed E-state index contributed by atoms with van der Waals surface area (Å²) >= 11 is 5.89. The molecule has 0 amide bonds. The van der Waals surface area contributed by atoms with Gasteiger partial charge in [0.2, 0.25) is 0 Å². The van der Waals surface area contributed by atoms with Crippen LogP contribution in [0.1, 0.15) is 11.1 Å². The quantitative estimate of drug-likeness (QED) is 0.816. The van der Waals surface area contributed by atoms with Crippen molar-refractivity contribution in [1.29, 1.82) is 5.26 Å². The van der Waals surface area contributed by atoms with Gasteiger partial charge in [-0.1, -0.05) is 29.3 Å². The molecule has 102 valence electrons. The maximum Gasteiger partial charge on any atom is 0.339 e. The lowest BCUT2D eigenvalue weighted by molar-refractivity contribution is 0.486. The summed E-state index contributed by atoms with van der Waals surface area (Å²) in [5, 5.41) is 8.79. The minimum absolute atomic E-state index is 0.00811. The summed E-state index contributed by atoms with van der Waals surface area (Å²) < 4.78 is 29.1. The third-order valence-corrected chi connectivity index (χ3v) is 4.11. The third-order valence-electron chi connectivity index (χ3n) is 2.57. The van der Waals surface area contributed by atoms with Gasteiger partial charge in [0.25, 0.3) is 0 Å². The lowest BCUT2D eigenvalue weighted by Crippen LogP contribution is -2.10. The van der Waals surface area contributed by atoms with Crippen molar-refractivity contribution in [1.82, 2.24) is 0 Å². The van der Waals surface area contributed by atoms with Gasteiger partial charge in [-0.3, -0.25) is 0 Å². The van der Waals surface area contributed by atoms with Crippen LogP contribution >= 0.6 is 11.6 Å². The Morgan fingerprint density at radius 3 is 2.35 bits per heavy atom. The van der Waals surface area contributed by atoms with E-state index in [2.05, 4.69) is 0 Å². The van der Waals surface area contributed by atoms with Crippen LogP contribution in [-0.2, 0) is 10.1 Å². The van der Waals surface area contributed by atoms with Crippen molar-refractivity contribution in [2.75, 3.05) is 0 Å². The fraction of sp³-hybridized carbons (Fsp3) is 0.0714. The molecule has 0 spiro atoms. The van der Waals surface area contributed by atoms with Crippen LogP contribution in [-0.4, -0.2) is 8.42 Å². The largest absolute Gasteiger partial charge is 0.377 e. The molecule has 0 bridgehead atoms. The van der Waals surface area contributed by atoms with E-state index in [4.69, 9.17) is 21.0 Å². The first-order valence-corrected chi connectivity index (χ1v) is 7.42. The average molecular weight is 308 g/mol. The number of aryl methyl sites for hydroxylation is 1. The zero-order valence-electron chi connectivity index (χ0n) is 10.5. The Morgan fingerprint density at radius 2 is 1.80 bits per heavy atom. The fourth-order valence-electron chi connectivity index (χ4n) is 1.51. The van der Waals surface area contributed by atoms with E-state index in [1.165, 1.54) is 30.3 Å². The molecule has 0 aliphatic rings. The van der Waals surface area contributed by atoms with Crippen LogP contribution in [0.25, 0.3) is 0 Å². The van der Waals surface area contributed by atoms with E-state index < -0.39 is 10.1 Å². The van der Waals surface area contributed by atoms with E-state index in [0.717, 1.165) is 5.56 Å². The molecule has 0 N–H and O–H groups in total. The van der Waals surface area contributed by atoms with E-state index in [1.807, 2.05) is 13.0 Å². The average Bonchev–Trinajstić information content (AvgIpc) is 2.41. The third kappa shape index (κ3) is 3.10. The molecule has 0 aromatic heterocycles. The molecule has 0 aliphatic heterocycles. The van der Waals surface area contributed by atoms with Crippen molar-refractivity contribution in [3.63, 3.8) is 0 Å². The van der Waals surface area contributed by atoms with Crippen LogP contribution < -0.4 is 4.18 Å². The number of nitriles is 1. The van der Waals surface area contributed by atoms with Crippen molar-refractivity contribution >= 4 is 21.7 Å². The van der Waals surface area contributed by atoms with Gasteiger partial charge in [0, 0.05) is 0 Å². The number of hydrogen-bond donors (Lipinski definition) is 0. The van der Waals surface area contributed by atoms with Crippen molar-refractivity contribution < 1.29 is 12.6 Å². The van der Waals surface area contributed by atoms with Gasteiger partial charge in [-0.2, -0.15) is 13.7 Å². The van der Waals surface area contributed by atoms with E-state index >= 15 is 0 Å². The molecule has 0 atom stereocenters. The van der Waals surface area contributed by atoms with Gasteiger partial charge in [0.05, 0.1) is 16.7 Å². The van der Waals surface area contributed by atoms with Gasteiger partial charge in [0.15, 0.2) is 5.75 Å². The molecule has 0 heterocycles. The monoisotopic (exact) mass is 307 g/mol. The summed E-state index contributed by atoms with van der Waals surface area (Å²) in [6, 6.07) is 12.3. The van der Waals surface area contributed by atoms with Crippen molar-refractivity contribution in [2.24, 2.45) is 0 Å². The van der Waals surface area contributed by atoms with Crippen LogP contribution in [0.5, 0.6) is 5.75 Å². The minimum Gasteiger partial charge on any atom is -0.377 e. The SMILES string of the molecule is Cc1ccc(S(=O)(=O)Oc2ccc(C#N)cc2Cl)cc1. The van der Waals surface area contributed by atoms with Crippen molar-refractivity contribution in [3.05, 3.63) is 58.6 Å². The second kappa shape index (κ2) is 5.53. The van der Waals surface area contributed by atoms with Gasteiger partial charge in [-0.25, -0.2) is 0 Å². The smallest absolute Gasteiger partial charge is 0.339 e. The van der Waals surface area contributed by atoms with Gasteiger partial charge < -0.3 is 4.18 Å². The summed E-state index contributed by atoms with van der Waals surface area (Å²) in [6.45, 7) is 1.86. The van der Waals surface area contributed by atoms with E-state index in [0.29, 0.717) is 5.56 Å². The number of halogens is 1. The maximum atomic E-state index is 12.1. The minimum atomic E-state index is -3.94. The molecule has 20 heavy (non-hydrogen) atoms. The van der Waals surface area contributed by atoms with Crippen LogP contribution in [0.2, 0.25) is 5.02 Å². The van der Waals surface area contributed by atoms with Crippen LogP contribution in [0.3, 0.4) is 0 Å². The zero-order chi connectivity index (χ0) is 14.8. The maximum absolute atomic E-state index is 12.1. The molecule has 0 aliphatic carbocycles. The molecule has 0 fully saturated rings. The molecule has 2 aromatic carbocycles. The molecule has 2 aromatic rings. The second-order valence-electron chi connectivity index (χ2n) is 4.11. The van der Waals surface area contributed by atoms with Gasteiger partial charge in [-0.15, -0.1) is 0 Å². The van der Waals surface area contributed by atoms with Crippen LogP contribution in [0.15, 0.2) is 47.4 Å². The molecular formula is C14H10ClNO3S. The molecular weight excluding hydrogens is 298 g/mol. The Hall–Kier alpha value is -2.03. The predicted molar refractivity (Wildman–Crippen MR) is 75.2 cm³/mol. The van der Waals surface area contributed by atoms with Crippen molar-refractivity contribution in [2.45, 2.75) is 11.8 Å². The van der Waals surface area contributed by atoms with Gasteiger partial charge in [0.1, 0.15) is 4.90 Å². The normalized spacial score (nSPS) is 10.8. The standard InChI is InChI=1S/C14H10ClNO3S/c1-10-2-5-12(6-3-10)20(17,18)19-14-7-4-11(9-16)8-13(14)15/h2-8H,1H3.